The van der Waals surface area contributed by atoms with E-state index in [1.807, 2.05) is 24.4 Å². The summed E-state index contributed by atoms with van der Waals surface area (Å²) in [6, 6.07) is 12.3. The van der Waals surface area contributed by atoms with Gasteiger partial charge in [0.1, 0.15) is 5.75 Å². The summed E-state index contributed by atoms with van der Waals surface area (Å²) in [6.45, 7) is 3.92. The molecule has 1 aromatic carbocycles. The second kappa shape index (κ2) is 7.36. The van der Waals surface area contributed by atoms with Crippen molar-refractivity contribution < 1.29 is 9.47 Å². The number of para-hydroxylation sites is 1. The van der Waals surface area contributed by atoms with E-state index in [4.69, 9.17) is 9.47 Å². The van der Waals surface area contributed by atoms with Gasteiger partial charge in [0, 0.05) is 48.1 Å². The monoisotopic (exact) mass is 356 g/mol. The Bertz CT molecular complexity index is 704. The number of benzene rings is 1. The first kappa shape index (κ1) is 16.9. The van der Waals surface area contributed by atoms with Gasteiger partial charge in [-0.15, -0.1) is 11.8 Å². The Morgan fingerprint density at radius 1 is 1.24 bits per heavy atom. The van der Waals surface area contributed by atoms with Crippen molar-refractivity contribution in [3.05, 3.63) is 59.9 Å². The molecule has 0 aliphatic carbocycles. The van der Waals surface area contributed by atoms with Gasteiger partial charge in [-0.2, -0.15) is 0 Å². The predicted octanol–water partition coefficient (Wildman–Crippen LogP) is 3.37. The van der Waals surface area contributed by atoms with Gasteiger partial charge in [0.25, 0.3) is 0 Å². The Balaban J connectivity index is 1.26. The third-order valence-corrected chi connectivity index (χ3v) is 6.57. The van der Waals surface area contributed by atoms with Crippen LogP contribution in [0.4, 0.5) is 0 Å². The SMILES string of the molecule is COc1ccccc1CN1CC2(CC(OCc3cccnc3)CS2)C1. The number of hydrogen-bond acceptors (Lipinski definition) is 5. The fourth-order valence-electron chi connectivity index (χ4n) is 3.78. The molecule has 1 spiro atoms. The van der Waals surface area contributed by atoms with Gasteiger partial charge in [0.15, 0.2) is 0 Å². The number of methoxy groups -OCH3 is 1. The van der Waals surface area contributed by atoms with Crippen LogP contribution in [0, 0.1) is 0 Å². The van der Waals surface area contributed by atoms with Crippen LogP contribution < -0.4 is 4.74 Å². The van der Waals surface area contributed by atoms with E-state index >= 15 is 0 Å². The van der Waals surface area contributed by atoms with Crippen molar-refractivity contribution in [2.24, 2.45) is 0 Å². The molecule has 3 heterocycles. The molecule has 1 atom stereocenters. The van der Waals surface area contributed by atoms with Crippen molar-refractivity contribution in [1.82, 2.24) is 9.88 Å². The highest BCUT2D eigenvalue weighted by molar-refractivity contribution is 8.01. The minimum Gasteiger partial charge on any atom is -0.496 e. The van der Waals surface area contributed by atoms with E-state index in [1.165, 1.54) is 5.56 Å². The average molecular weight is 356 g/mol. The maximum absolute atomic E-state index is 6.11. The van der Waals surface area contributed by atoms with Gasteiger partial charge in [-0.05, 0) is 24.1 Å². The van der Waals surface area contributed by atoms with E-state index in [1.54, 1.807) is 13.3 Å². The largest absolute Gasteiger partial charge is 0.496 e. The molecule has 1 aromatic heterocycles. The molecule has 25 heavy (non-hydrogen) atoms. The van der Waals surface area contributed by atoms with E-state index < -0.39 is 0 Å². The fourth-order valence-corrected chi connectivity index (χ4v) is 5.39. The number of ether oxygens (including phenoxy) is 2. The second-order valence-corrected chi connectivity index (χ2v) is 8.44. The predicted molar refractivity (Wildman–Crippen MR) is 101 cm³/mol. The Kier molecular flexibility index (Phi) is 4.97. The van der Waals surface area contributed by atoms with Crippen LogP contribution >= 0.6 is 11.8 Å². The molecular weight excluding hydrogens is 332 g/mol. The lowest BCUT2D eigenvalue weighted by molar-refractivity contribution is 0.0262. The van der Waals surface area contributed by atoms with Crippen molar-refractivity contribution in [2.45, 2.75) is 30.4 Å². The smallest absolute Gasteiger partial charge is 0.123 e. The number of hydrogen-bond donors (Lipinski definition) is 0. The first-order valence-corrected chi connectivity index (χ1v) is 9.74. The lowest BCUT2D eigenvalue weighted by atomic mass is 9.92. The highest BCUT2D eigenvalue weighted by Crippen LogP contribution is 2.46. The Hall–Kier alpha value is -1.56. The Labute approximate surface area is 153 Å². The summed E-state index contributed by atoms with van der Waals surface area (Å²) in [5.74, 6) is 2.09. The van der Waals surface area contributed by atoms with Gasteiger partial charge < -0.3 is 9.47 Å². The van der Waals surface area contributed by atoms with Crippen molar-refractivity contribution in [3.8, 4) is 5.75 Å². The summed E-state index contributed by atoms with van der Waals surface area (Å²) in [7, 11) is 1.74. The topological polar surface area (TPSA) is 34.6 Å². The molecule has 0 saturated carbocycles. The molecular formula is C20H24N2O2S. The molecule has 0 N–H and O–H groups in total. The van der Waals surface area contributed by atoms with Crippen LogP contribution in [0.5, 0.6) is 5.75 Å². The van der Waals surface area contributed by atoms with Gasteiger partial charge in [0.2, 0.25) is 0 Å². The Morgan fingerprint density at radius 2 is 2.12 bits per heavy atom. The van der Waals surface area contributed by atoms with Gasteiger partial charge >= 0.3 is 0 Å². The van der Waals surface area contributed by atoms with Crippen molar-refractivity contribution in [3.63, 3.8) is 0 Å². The summed E-state index contributed by atoms with van der Waals surface area (Å²) in [5, 5.41) is 0. The molecule has 5 heteroatoms. The molecule has 2 aliphatic heterocycles. The first-order valence-electron chi connectivity index (χ1n) is 8.75. The fraction of sp³-hybridized carbons (Fsp3) is 0.450. The summed E-state index contributed by atoms with van der Waals surface area (Å²) >= 11 is 2.09. The molecule has 1 unspecified atom stereocenters. The number of thioether (sulfide) groups is 1. The van der Waals surface area contributed by atoms with Gasteiger partial charge in [0.05, 0.1) is 19.8 Å². The molecule has 2 aromatic rings. The van der Waals surface area contributed by atoms with E-state index in [0.29, 0.717) is 17.5 Å². The van der Waals surface area contributed by atoms with Crippen molar-refractivity contribution >= 4 is 11.8 Å². The lowest BCUT2D eigenvalue weighted by Gasteiger charge is -2.47. The number of rotatable bonds is 6. The summed E-state index contributed by atoms with van der Waals surface area (Å²) < 4.78 is 12.0. The van der Waals surface area contributed by atoms with Crippen LogP contribution in [-0.2, 0) is 17.9 Å². The molecule has 0 radical (unpaired) electrons. The van der Waals surface area contributed by atoms with Crippen LogP contribution in [-0.4, -0.2) is 46.7 Å². The standard InChI is InChI=1S/C20H24N2O2S/c1-23-19-7-3-2-6-17(19)11-22-14-20(15-22)9-18(13-25-20)24-12-16-5-4-8-21-10-16/h2-8,10,18H,9,11-15H2,1H3. The third kappa shape index (κ3) is 3.84. The van der Waals surface area contributed by atoms with Gasteiger partial charge in [-0.3, -0.25) is 9.88 Å². The van der Waals surface area contributed by atoms with Crippen LogP contribution in [0.15, 0.2) is 48.8 Å². The maximum atomic E-state index is 6.11. The second-order valence-electron chi connectivity index (χ2n) is 6.95. The lowest BCUT2D eigenvalue weighted by Crippen LogP contribution is -2.58. The quantitative estimate of drug-likeness (QED) is 0.793. The van der Waals surface area contributed by atoms with E-state index in [-0.39, 0.29) is 0 Å². The molecule has 2 aliphatic rings. The minimum absolute atomic E-state index is 0.360. The molecule has 4 nitrogen and oxygen atoms in total. The van der Waals surface area contributed by atoms with Crippen molar-refractivity contribution in [1.29, 1.82) is 0 Å². The molecule has 132 valence electrons. The van der Waals surface area contributed by atoms with Gasteiger partial charge in [-0.1, -0.05) is 24.3 Å². The summed E-state index contributed by atoms with van der Waals surface area (Å²) in [5.41, 5.74) is 2.42. The molecule has 4 rings (SSSR count). The van der Waals surface area contributed by atoms with E-state index in [0.717, 1.165) is 43.1 Å². The number of nitrogens with zero attached hydrogens (tertiary/aromatic N) is 2. The van der Waals surface area contributed by atoms with Crippen molar-refractivity contribution in [2.75, 3.05) is 26.0 Å². The molecule has 0 amide bonds. The molecule has 2 fully saturated rings. The summed E-state index contributed by atoms with van der Waals surface area (Å²) in [4.78, 5) is 6.66. The highest BCUT2D eigenvalue weighted by atomic mass is 32.2. The van der Waals surface area contributed by atoms with Crippen LogP contribution in [0.25, 0.3) is 0 Å². The van der Waals surface area contributed by atoms with E-state index in [9.17, 15) is 0 Å². The zero-order valence-electron chi connectivity index (χ0n) is 14.6. The Morgan fingerprint density at radius 3 is 2.92 bits per heavy atom. The molecule has 2 saturated heterocycles. The zero-order chi connectivity index (χ0) is 17.1. The van der Waals surface area contributed by atoms with E-state index in [2.05, 4.69) is 39.8 Å². The molecule has 0 bridgehead atoms. The van der Waals surface area contributed by atoms with Crippen LogP contribution in [0.3, 0.4) is 0 Å². The first-order chi connectivity index (χ1) is 12.3. The highest BCUT2D eigenvalue weighted by Gasteiger charge is 2.49. The zero-order valence-corrected chi connectivity index (χ0v) is 15.4. The third-order valence-electron chi connectivity index (χ3n) is 4.99. The number of pyridine rings is 1. The van der Waals surface area contributed by atoms with Gasteiger partial charge in [-0.25, -0.2) is 0 Å². The van der Waals surface area contributed by atoms with Crippen LogP contribution in [0.2, 0.25) is 0 Å². The maximum Gasteiger partial charge on any atom is 0.123 e. The average Bonchev–Trinajstić information content (AvgIpc) is 3.05. The number of likely N-dealkylation sites (tertiary alicyclic amines) is 1. The van der Waals surface area contributed by atoms with Crippen LogP contribution in [0.1, 0.15) is 17.5 Å². The summed E-state index contributed by atoms with van der Waals surface area (Å²) in [6.07, 6.45) is 5.20. The number of aromatic nitrogens is 1. The minimum atomic E-state index is 0.360. The normalized spacial score (nSPS) is 22.0.